The summed E-state index contributed by atoms with van der Waals surface area (Å²) in [6, 6.07) is 18.8. The van der Waals surface area contributed by atoms with Crippen molar-refractivity contribution in [2.75, 3.05) is 29.4 Å². The van der Waals surface area contributed by atoms with E-state index in [-0.39, 0.29) is 24.7 Å². The number of nitrogens with one attached hydrogen (secondary N) is 1. The first-order valence-corrected chi connectivity index (χ1v) is 10.7. The number of anilines is 2. The van der Waals surface area contributed by atoms with Gasteiger partial charge in [0.1, 0.15) is 0 Å². The molecule has 4 rings (SSSR count). The van der Waals surface area contributed by atoms with Crippen molar-refractivity contribution in [1.82, 2.24) is 5.32 Å². The summed E-state index contributed by atoms with van der Waals surface area (Å²) >= 11 is 0. The van der Waals surface area contributed by atoms with Crippen molar-refractivity contribution in [3.8, 4) is 0 Å². The fraction of sp³-hybridized carbons (Fsp3) is 0.417. The smallest absolute Gasteiger partial charge is 0.227 e. The molecule has 1 N–H and O–H groups in total. The van der Waals surface area contributed by atoms with E-state index in [0.717, 1.165) is 43.7 Å². The van der Waals surface area contributed by atoms with E-state index in [1.807, 2.05) is 41.3 Å². The van der Waals surface area contributed by atoms with Crippen LogP contribution < -0.4 is 15.1 Å². The summed E-state index contributed by atoms with van der Waals surface area (Å²) in [5.41, 5.74) is 3.42. The molecule has 1 fully saturated rings. The molecule has 0 bridgehead atoms. The zero-order valence-corrected chi connectivity index (χ0v) is 16.8. The number of carbonyl (C=O) groups excluding carboxylic acids is 2. The van der Waals surface area contributed by atoms with Crippen LogP contribution in [0.5, 0.6) is 0 Å². The lowest BCUT2D eigenvalue weighted by Gasteiger charge is -2.40. The molecule has 1 saturated heterocycles. The summed E-state index contributed by atoms with van der Waals surface area (Å²) in [7, 11) is 0. The van der Waals surface area contributed by atoms with Gasteiger partial charge in [0.25, 0.3) is 0 Å². The number of para-hydroxylation sites is 2. The first-order chi connectivity index (χ1) is 14.2. The molecule has 0 spiro atoms. The van der Waals surface area contributed by atoms with E-state index in [2.05, 4.69) is 28.4 Å². The van der Waals surface area contributed by atoms with Crippen LogP contribution >= 0.6 is 0 Å². The van der Waals surface area contributed by atoms with Gasteiger partial charge in [0.15, 0.2) is 0 Å². The third-order valence-corrected chi connectivity index (χ3v) is 5.93. The van der Waals surface area contributed by atoms with Crippen LogP contribution in [0.2, 0.25) is 0 Å². The Labute approximate surface area is 172 Å². The summed E-state index contributed by atoms with van der Waals surface area (Å²) in [5, 5.41) is 2.95. The maximum Gasteiger partial charge on any atom is 0.227 e. The second-order valence-corrected chi connectivity index (χ2v) is 7.92. The average molecular weight is 392 g/mol. The number of carbonyl (C=O) groups is 2. The predicted molar refractivity (Wildman–Crippen MR) is 116 cm³/mol. The van der Waals surface area contributed by atoms with Gasteiger partial charge in [0.05, 0.1) is 11.4 Å². The van der Waals surface area contributed by atoms with Crippen LogP contribution in [0.15, 0.2) is 54.6 Å². The molecule has 2 heterocycles. The normalized spacial score (nSPS) is 17.6. The third-order valence-electron chi connectivity index (χ3n) is 5.93. The minimum Gasteiger partial charge on any atom is -0.365 e. The van der Waals surface area contributed by atoms with Crippen molar-refractivity contribution in [3.63, 3.8) is 0 Å². The number of rotatable bonds is 7. The summed E-state index contributed by atoms with van der Waals surface area (Å²) < 4.78 is 0. The van der Waals surface area contributed by atoms with E-state index in [4.69, 9.17) is 0 Å². The molecule has 2 aliphatic heterocycles. The van der Waals surface area contributed by atoms with Gasteiger partial charge in [-0.05, 0) is 43.4 Å². The Kier molecular flexibility index (Phi) is 6.13. The molecule has 2 aliphatic rings. The fourth-order valence-electron chi connectivity index (χ4n) is 4.43. The van der Waals surface area contributed by atoms with Crippen LogP contribution in [0.25, 0.3) is 0 Å². The van der Waals surface area contributed by atoms with Gasteiger partial charge >= 0.3 is 0 Å². The quantitative estimate of drug-likeness (QED) is 0.735. The number of amides is 2. The summed E-state index contributed by atoms with van der Waals surface area (Å²) in [6.45, 7) is 2.44. The van der Waals surface area contributed by atoms with Gasteiger partial charge in [-0.25, -0.2) is 0 Å². The molecule has 5 heteroatoms. The first-order valence-electron chi connectivity index (χ1n) is 10.7. The first kappa shape index (κ1) is 19.5. The Bertz CT molecular complexity index is 852. The van der Waals surface area contributed by atoms with Gasteiger partial charge in [0, 0.05) is 38.5 Å². The SMILES string of the molecule is O=C(CCC(=O)N1CC2CCCN2c2ccccc21)NCCCc1ccccc1. The highest BCUT2D eigenvalue weighted by Gasteiger charge is 2.35. The van der Waals surface area contributed by atoms with Crippen LogP contribution in [0, 0.1) is 0 Å². The Morgan fingerprint density at radius 3 is 2.55 bits per heavy atom. The molecule has 29 heavy (non-hydrogen) atoms. The molecule has 1 unspecified atom stereocenters. The minimum absolute atomic E-state index is 0.0424. The maximum absolute atomic E-state index is 12.9. The highest BCUT2D eigenvalue weighted by atomic mass is 16.2. The average Bonchev–Trinajstić information content (AvgIpc) is 3.24. The predicted octanol–water partition coefficient (Wildman–Crippen LogP) is 3.53. The Balaban J connectivity index is 1.25. The van der Waals surface area contributed by atoms with Crippen LogP contribution in [0.3, 0.4) is 0 Å². The molecule has 0 radical (unpaired) electrons. The van der Waals surface area contributed by atoms with Crippen LogP contribution in [-0.2, 0) is 16.0 Å². The topological polar surface area (TPSA) is 52.7 Å². The van der Waals surface area contributed by atoms with Crippen LogP contribution in [-0.4, -0.2) is 37.5 Å². The van der Waals surface area contributed by atoms with Crippen molar-refractivity contribution in [3.05, 3.63) is 60.2 Å². The molecule has 2 aromatic rings. The van der Waals surface area contributed by atoms with Gasteiger partial charge in [0.2, 0.25) is 11.8 Å². The Morgan fingerprint density at radius 1 is 0.966 bits per heavy atom. The van der Waals surface area contributed by atoms with Crippen molar-refractivity contribution in [2.45, 2.75) is 44.6 Å². The second-order valence-electron chi connectivity index (χ2n) is 7.92. The third kappa shape index (κ3) is 4.61. The van der Waals surface area contributed by atoms with Crippen molar-refractivity contribution in [1.29, 1.82) is 0 Å². The van der Waals surface area contributed by atoms with Gasteiger partial charge in [-0.2, -0.15) is 0 Å². The standard InChI is InChI=1S/C24H29N3O2/c28-23(25-16-6-10-19-8-2-1-3-9-19)14-15-24(29)27-18-20-11-7-17-26(20)21-12-4-5-13-22(21)27/h1-5,8-9,12-13,20H,6-7,10-11,14-18H2,(H,25,28). The number of fused-ring (bicyclic) bond motifs is 3. The molecule has 0 aliphatic carbocycles. The highest BCUT2D eigenvalue weighted by Crippen LogP contribution is 2.39. The fourth-order valence-corrected chi connectivity index (χ4v) is 4.43. The number of benzene rings is 2. The van der Waals surface area contributed by atoms with Crippen LogP contribution in [0.4, 0.5) is 11.4 Å². The molecule has 5 nitrogen and oxygen atoms in total. The molecule has 2 amide bonds. The molecular formula is C24H29N3O2. The molecule has 0 saturated carbocycles. The number of nitrogens with zero attached hydrogens (tertiary/aromatic N) is 2. The van der Waals surface area contributed by atoms with Crippen molar-refractivity contribution < 1.29 is 9.59 Å². The molecule has 152 valence electrons. The Hall–Kier alpha value is -2.82. The molecule has 0 aromatic heterocycles. The van der Waals surface area contributed by atoms with E-state index in [0.29, 0.717) is 12.6 Å². The number of hydrogen-bond donors (Lipinski definition) is 1. The van der Waals surface area contributed by atoms with Gasteiger partial charge in [-0.3, -0.25) is 9.59 Å². The van der Waals surface area contributed by atoms with Gasteiger partial charge in [-0.1, -0.05) is 42.5 Å². The monoisotopic (exact) mass is 391 g/mol. The zero-order valence-electron chi connectivity index (χ0n) is 16.8. The van der Waals surface area contributed by atoms with Gasteiger partial charge < -0.3 is 15.1 Å². The number of hydrogen-bond acceptors (Lipinski definition) is 3. The lowest BCUT2D eigenvalue weighted by molar-refractivity contribution is -0.125. The van der Waals surface area contributed by atoms with Crippen LogP contribution in [0.1, 0.15) is 37.7 Å². The molecule has 2 aromatic carbocycles. The van der Waals surface area contributed by atoms with Crippen molar-refractivity contribution in [2.24, 2.45) is 0 Å². The summed E-state index contributed by atoms with van der Waals surface area (Å²) in [4.78, 5) is 29.4. The minimum atomic E-state index is -0.0424. The van der Waals surface area contributed by atoms with Gasteiger partial charge in [-0.15, -0.1) is 0 Å². The zero-order chi connectivity index (χ0) is 20.1. The van der Waals surface area contributed by atoms with E-state index in [1.165, 1.54) is 12.0 Å². The lowest BCUT2D eigenvalue weighted by Crippen LogP contribution is -2.48. The van der Waals surface area contributed by atoms with E-state index in [9.17, 15) is 9.59 Å². The highest BCUT2D eigenvalue weighted by molar-refractivity contribution is 5.99. The summed E-state index contributed by atoms with van der Waals surface area (Å²) in [5.74, 6) is 0.00244. The largest absolute Gasteiger partial charge is 0.365 e. The summed E-state index contributed by atoms with van der Waals surface area (Å²) in [6.07, 6.45) is 4.65. The Morgan fingerprint density at radius 2 is 1.72 bits per heavy atom. The van der Waals surface area contributed by atoms with E-state index < -0.39 is 0 Å². The van der Waals surface area contributed by atoms with Crippen molar-refractivity contribution >= 4 is 23.2 Å². The maximum atomic E-state index is 12.9. The lowest BCUT2D eigenvalue weighted by atomic mass is 10.1. The second kappa shape index (κ2) is 9.12. The number of aryl methyl sites for hydroxylation is 1. The molecule has 1 atom stereocenters. The van der Waals surface area contributed by atoms with E-state index in [1.54, 1.807) is 0 Å². The molecular weight excluding hydrogens is 362 g/mol. The van der Waals surface area contributed by atoms with E-state index >= 15 is 0 Å².